The molecule has 0 spiro atoms. The zero-order valence-electron chi connectivity index (χ0n) is 18.1. The van der Waals surface area contributed by atoms with Crippen LogP contribution in [-0.4, -0.2) is 10.7 Å². The second-order valence-corrected chi connectivity index (χ2v) is 11.3. The Morgan fingerprint density at radius 3 is 2.41 bits per heavy atom. The van der Waals surface area contributed by atoms with Gasteiger partial charge in [-0.1, -0.05) is 23.3 Å². The predicted octanol–water partition coefficient (Wildman–Crippen LogP) is 6.84. The third-order valence-electron chi connectivity index (χ3n) is 8.94. The van der Waals surface area contributed by atoms with E-state index in [0.29, 0.717) is 17.6 Å². The first-order chi connectivity index (χ1) is 13.9. The third-order valence-corrected chi connectivity index (χ3v) is 8.94. The first-order valence-electron chi connectivity index (χ1n) is 11.8. The van der Waals surface area contributed by atoms with Crippen LogP contribution in [0.1, 0.15) is 82.8 Å². The zero-order chi connectivity index (χ0) is 19.9. The first kappa shape index (κ1) is 18.1. The fourth-order valence-corrected chi connectivity index (χ4v) is 7.83. The van der Waals surface area contributed by atoms with E-state index >= 15 is 0 Å². The molecule has 1 N–H and O–H groups in total. The summed E-state index contributed by atoms with van der Waals surface area (Å²) in [6.07, 6.45) is 13.9. The highest BCUT2D eigenvalue weighted by Gasteiger charge is 2.47. The van der Waals surface area contributed by atoms with Crippen LogP contribution in [-0.2, 0) is 0 Å². The lowest BCUT2D eigenvalue weighted by atomic mass is 9.54. The monoisotopic (exact) mass is 390 g/mol. The van der Waals surface area contributed by atoms with Crippen LogP contribution in [0.15, 0.2) is 29.4 Å². The van der Waals surface area contributed by atoms with Crippen molar-refractivity contribution in [2.24, 2.45) is 29.6 Å². The standard InChI is InChI=1S/C27H34O2/c1-15-4-5-23-22(6-15)26-24(28)13-18(14-25(26)29-27(23,2)3)12-21-19-8-16-7-17(10-19)11-20(21)9-16/h4,12-14,16-17,19-20,22-23,28H,5-11H2,1-3H3/t16?,17?,19?,20?,22-,23-/m1/s1. The Balaban J connectivity index is 1.39. The number of hydrogen-bond acceptors (Lipinski definition) is 2. The fourth-order valence-electron chi connectivity index (χ4n) is 7.83. The topological polar surface area (TPSA) is 29.5 Å². The average molecular weight is 391 g/mol. The lowest BCUT2D eigenvalue weighted by Gasteiger charge is -2.51. The molecule has 0 saturated heterocycles. The minimum Gasteiger partial charge on any atom is -0.507 e. The van der Waals surface area contributed by atoms with E-state index in [9.17, 15) is 5.11 Å². The maximum absolute atomic E-state index is 11.1. The molecule has 1 aromatic rings. The van der Waals surface area contributed by atoms with Crippen LogP contribution >= 0.6 is 0 Å². The van der Waals surface area contributed by atoms with Crippen LogP contribution in [0.2, 0.25) is 0 Å². The van der Waals surface area contributed by atoms with Crippen LogP contribution in [0.5, 0.6) is 11.5 Å². The highest BCUT2D eigenvalue weighted by atomic mass is 16.5. The third kappa shape index (κ3) is 2.81. The molecule has 4 bridgehead atoms. The van der Waals surface area contributed by atoms with E-state index in [1.165, 1.54) is 37.7 Å². The van der Waals surface area contributed by atoms with E-state index in [1.807, 2.05) is 6.07 Å². The van der Waals surface area contributed by atoms with Crippen LogP contribution < -0.4 is 4.74 Å². The van der Waals surface area contributed by atoms with E-state index < -0.39 is 0 Å². The van der Waals surface area contributed by atoms with E-state index in [4.69, 9.17) is 4.74 Å². The summed E-state index contributed by atoms with van der Waals surface area (Å²) >= 11 is 0. The van der Waals surface area contributed by atoms with Gasteiger partial charge in [-0.05, 0) is 107 Å². The number of ether oxygens (including phenoxy) is 1. The second-order valence-electron chi connectivity index (χ2n) is 11.3. The molecule has 2 heteroatoms. The number of phenolic OH excluding ortho intramolecular Hbond substituents is 1. The fraction of sp³-hybridized carbons (Fsp3) is 0.630. The molecule has 2 nitrogen and oxygen atoms in total. The molecule has 0 unspecified atom stereocenters. The van der Waals surface area contributed by atoms with Gasteiger partial charge < -0.3 is 9.84 Å². The molecule has 4 saturated carbocycles. The minimum absolute atomic E-state index is 0.199. The zero-order valence-corrected chi connectivity index (χ0v) is 18.1. The van der Waals surface area contributed by atoms with Crippen molar-refractivity contribution in [3.05, 3.63) is 40.5 Å². The number of fused-ring (bicyclic) bond motifs is 3. The Morgan fingerprint density at radius 1 is 1.03 bits per heavy atom. The van der Waals surface area contributed by atoms with Crippen molar-refractivity contribution in [2.75, 3.05) is 0 Å². The van der Waals surface area contributed by atoms with Gasteiger partial charge in [0.2, 0.25) is 0 Å². The number of aromatic hydroxyl groups is 1. The average Bonchev–Trinajstić information content (AvgIpc) is 2.63. The van der Waals surface area contributed by atoms with Crippen LogP contribution in [0, 0.1) is 29.6 Å². The normalized spacial score (nSPS) is 38.7. The molecule has 0 amide bonds. The highest BCUT2D eigenvalue weighted by Crippen LogP contribution is 2.58. The van der Waals surface area contributed by atoms with Gasteiger partial charge in [0, 0.05) is 17.4 Å². The Morgan fingerprint density at radius 2 is 1.72 bits per heavy atom. The van der Waals surface area contributed by atoms with Crippen molar-refractivity contribution >= 4 is 6.08 Å². The molecule has 154 valence electrons. The molecule has 0 radical (unpaired) electrons. The van der Waals surface area contributed by atoms with Crippen molar-refractivity contribution in [3.8, 4) is 11.5 Å². The summed E-state index contributed by atoms with van der Waals surface area (Å²) in [5, 5.41) is 11.1. The molecule has 4 fully saturated rings. The van der Waals surface area contributed by atoms with Gasteiger partial charge in [0.05, 0.1) is 0 Å². The van der Waals surface area contributed by atoms with E-state index in [1.54, 1.807) is 5.57 Å². The Kier molecular flexibility index (Phi) is 3.84. The predicted molar refractivity (Wildman–Crippen MR) is 117 cm³/mol. The lowest BCUT2D eigenvalue weighted by Crippen LogP contribution is -2.45. The molecule has 1 aromatic carbocycles. The summed E-state index contributed by atoms with van der Waals surface area (Å²) in [7, 11) is 0. The second kappa shape index (κ2) is 6.15. The molecule has 6 aliphatic rings. The summed E-state index contributed by atoms with van der Waals surface area (Å²) in [5.74, 6) is 5.69. The molecule has 1 heterocycles. The van der Waals surface area contributed by atoms with Gasteiger partial charge in [0.25, 0.3) is 0 Å². The van der Waals surface area contributed by atoms with Crippen molar-refractivity contribution in [1.29, 1.82) is 0 Å². The Labute approximate surface area is 175 Å². The van der Waals surface area contributed by atoms with Gasteiger partial charge in [-0.25, -0.2) is 0 Å². The SMILES string of the molecule is CC1=CC[C@@H]2[C@@H](C1)c1c(O)cc(C=C3C4CC5CC(C4)CC3C5)cc1OC2(C)C. The summed E-state index contributed by atoms with van der Waals surface area (Å²) in [6.45, 7) is 6.67. The van der Waals surface area contributed by atoms with Crippen molar-refractivity contribution in [3.63, 3.8) is 0 Å². The van der Waals surface area contributed by atoms with E-state index in [-0.39, 0.29) is 5.60 Å². The lowest BCUT2D eigenvalue weighted by molar-refractivity contribution is 0.00759. The number of phenols is 1. The molecule has 1 aliphatic heterocycles. The summed E-state index contributed by atoms with van der Waals surface area (Å²) in [4.78, 5) is 0. The van der Waals surface area contributed by atoms with Crippen LogP contribution in [0.4, 0.5) is 0 Å². The minimum atomic E-state index is -0.199. The molecule has 0 aromatic heterocycles. The Hall–Kier alpha value is -1.70. The Bertz CT molecular complexity index is 889. The van der Waals surface area contributed by atoms with Gasteiger partial charge in [-0.2, -0.15) is 0 Å². The van der Waals surface area contributed by atoms with Gasteiger partial charge in [0.15, 0.2) is 0 Å². The van der Waals surface area contributed by atoms with Crippen molar-refractivity contribution < 1.29 is 9.84 Å². The first-order valence-corrected chi connectivity index (χ1v) is 11.8. The summed E-state index contributed by atoms with van der Waals surface area (Å²) in [5.41, 5.74) is 5.10. The smallest absolute Gasteiger partial charge is 0.127 e. The summed E-state index contributed by atoms with van der Waals surface area (Å²) in [6, 6.07) is 4.24. The number of hydrogen-bond donors (Lipinski definition) is 1. The van der Waals surface area contributed by atoms with Crippen LogP contribution in [0.25, 0.3) is 6.08 Å². The molecule has 29 heavy (non-hydrogen) atoms. The maximum atomic E-state index is 11.1. The molecule has 2 atom stereocenters. The number of benzene rings is 1. The number of rotatable bonds is 1. The van der Waals surface area contributed by atoms with Crippen molar-refractivity contribution in [2.45, 2.75) is 77.2 Å². The van der Waals surface area contributed by atoms with E-state index in [2.05, 4.69) is 39.0 Å². The molecular formula is C27H34O2. The molecule has 7 rings (SSSR count). The van der Waals surface area contributed by atoms with Crippen molar-refractivity contribution in [1.82, 2.24) is 0 Å². The van der Waals surface area contributed by atoms with Gasteiger partial charge in [-0.15, -0.1) is 0 Å². The molecular weight excluding hydrogens is 356 g/mol. The number of allylic oxidation sites excluding steroid dienone is 3. The quantitative estimate of drug-likeness (QED) is 0.532. The molecule has 5 aliphatic carbocycles. The van der Waals surface area contributed by atoms with Crippen LogP contribution in [0.3, 0.4) is 0 Å². The highest BCUT2D eigenvalue weighted by molar-refractivity contribution is 5.63. The summed E-state index contributed by atoms with van der Waals surface area (Å²) < 4.78 is 6.53. The van der Waals surface area contributed by atoms with Gasteiger partial charge in [-0.3, -0.25) is 0 Å². The van der Waals surface area contributed by atoms with Gasteiger partial charge >= 0.3 is 0 Å². The van der Waals surface area contributed by atoms with E-state index in [0.717, 1.165) is 53.4 Å². The maximum Gasteiger partial charge on any atom is 0.127 e. The van der Waals surface area contributed by atoms with Gasteiger partial charge in [0.1, 0.15) is 17.1 Å². The largest absolute Gasteiger partial charge is 0.507 e.